The average molecular weight is 268 g/mol. The van der Waals surface area contributed by atoms with Gasteiger partial charge in [0.2, 0.25) is 0 Å². The van der Waals surface area contributed by atoms with E-state index in [9.17, 15) is 5.11 Å². The molecule has 2 aromatic rings. The van der Waals surface area contributed by atoms with Crippen LogP contribution in [0.2, 0.25) is 0 Å². The zero-order valence-corrected chi connectivity index (χ0v) is 11.2. The SMILES string of the molecule is CC(O)(CCNc1ccc(C#N)nn1)c1ccccc1. The zero-order valence-electron chi connectivity index (χ0n) is 11.2. The third-order valence-corrected chi connectivity index (χ3v) is 3.09. The Labute approximate surface area is 117 Å². The molecule has 2 N–H and O–H groups in total. The van der Waals surface area contributed by atoms with E-state index in [1.165, 1.54) is 0 Å². The fourth-order valence-electron chi connectivity index (χ4n) is 1.86. The van der Waals surface area contributed by atoms with Gasteiger partial charge in [-0.15, -0.1) is 10.2 Å². The first-order valence-corrected chi connectivity index (χ1v) is 6.37. The number of nitrogens with one attached hydrogen (secondary N) is 1. The first-order chi connectivity index (χ1) is 9.62. The predicted octanol–water partition coefficient (Wildman–Crippen LogP) is 2.06. The normalized spacial score (nSPS) is 13.2. The van der Waals surface area contributed by atoms with Crippen molar-refractivity contribution in [3.63, 3.8) is 0 Å². The second-order valence-electron chi connectivity index (χ2n) is 4.73. The number of nitrogens with zero attached hydrogens (tertiary/aromatic N) is 3. The predicted molar refractivity (Wildman–Crippen MR) is 75.9 cm³/mol. The maximum absolute atomic E-state index is 10.4. The Morgan fingerprint density at radius 2 is 1.95 bits per heavy atom. The molecular weight excluding hydrogens is 252 g/mol. The number of anilines is 1. The lowest BCUT2D eigenvalue weighted by molar-refractivity contribution is 0.0515. The molecule has 0 amide bonds. The fourth-order valence-corrected chi connectivity index (χ4v) is 1.86. The molecule has 1 aromatic heterocycles. The standard InChI is InChI=1S/C15H16N4O/c1-15(20,12-5-3-2-4-6-12)9-10-17-14-8-7-13(11-16)18-19-14/h2-8,20H,9-10H2,1H3,(H,17,19). The van der Waals surface area contributed by atoms with Crippen molar-refractivity contribution in [3.8, 4) is 6.07 Å². The smallest absolute Gasteiger partial charge is 0.163 e. The third kappa shape index (κ3) is 3.53. The van der Waals surface area contributed by atoms with Crippen LogP contribution in [0.15, 0.2) is 42.5 Å². The van der Waals surface area contributed by atoms with Crippen LogP contribution in [0.1, 0.15) is 24.6 Å². The summed E-state index contributed by atoms with van der Waals surface area (Å²) in [5.74, 6) is 0.591. The van der Waals surface area contributed by atoms with Gasteiger partial charge in [0.1, 0.15) is 11.9 Å². The summed E-state index contributed by atoms with van der Waals surface area (Å²) < 4.78 is 0. The van der Waals surface area contributed by atoms with Gasteiger partial charge in [0, 0.05) is 6.54 Å². The van der Waals surface area contributed by atoms with Crippen LogP contribution in [0.25, 0.3) is 0 Å². The van der Waals surface area contributed by atoms with Crippen molar-refractivity contribution in [2.75, 3.05) is 11.9 Å². The van der Waals surface area contributed by atoms with E-state index < -0.39 is 5.60 Å². The number of hydrogen-bond acceptors (Lipinski definition) is 5. The summed E-state index contributed by atoms with van der Waals surface area (Å²) in [4.78, 5) is 0. The third-order valence-electron chi connectivity index (χ3n) is 3.09. The van der Waals surface area contributed by atoms with Crippen LogP contribution < -0.4 is 5.32 Å². The summed E-state index contributed by atoms with van der Waals surface area (Å²) in [7, 11) is 0. The lowest BCUT2D eigenvalue weighted by Gasteiger charge is -2.24. The van der Waals surface area contributed by atoms with Gasteiger partial charge in [0.05, 0.1) is 5.60 Å². The quantitative estimate of drug-likeness (QED) is 0.867. The van der Waals surface area contributed by atoms with Crippen LogP contribution in [-0.2, 0) is 5.60 Å². The van der Waals surface area contributed by atoms with Gasteiger partial charge >= 0.3 is 0 Å². The van der Waals surface area contributed by atoms with E-state index in [0.717, 1.165) is 5.56 Å². The minimum atomic E-state index is -0.895. The molecule has 0 spiro atoms. The van der Waals surface area contributed by atoms with E-state index in [1.54, 1.807) is 19.1 Å². The maximum Gasteiger partial charge on any atom is 0.163 e. The van der Waals surface area contributed by atoms with E-state index >= 15 is 0 Å². The van der Waals surface area contributed by atoms with Gasteiger partial charge in [-0.05, 0) is 31.0 Å². The first-order valence-electron chi connectivity index (χ1n) is 6.37. The second-order valence-corrected chi connectivity index (χ2v) is 4.73. The monoisotopic (exact) mass is 268 g/mol. The highest BCUT2D eigenvalue weighted by Crippen LogP contribution is 2.23. The van der Waals surface area contributed by atoms with Crippen molar-refractivity contribution in [3.05, 3.63) is 53.7 Å². The minimum Gasteiger partial charge on any atom is -0.385 e. The highest BCUT2D eigenvalue weighted by molar-refractivity contribution is 5.35. The summed E-state index contributed by atoms with van der Waals surface area (Å²) in [5, 5.41) is 29.7. The largest absolute Gasteiger partial charge is 0.385 e. The van der Waals surface area contributed by atoms with E-state index in [2.05, 4.69) is 15.5 Å². The van der Waals surface area contributed by atoms with Gasteiger partial charge in [-0.2, -0.15) is 5.26 Å². The molecule has 0 bridgehead atoms. The summed E-state index contributed by atoms with van der Waals surface area (Å²) in [6, 6.07) is 14.8. The molecule has 1 aromatic carbocycles. The van der Waals surface area contributed by atoms with Gasteiger partial charge in [-0.1, -0.05) is 30.3 Å². The van der Waals surface area contributed by atoms with E-state index in [-0.39, 0.29) is 5.69 Å². The Kier molecular flexibility index (Phi) is 4.28. The average Bonchev–Trinajstić information content (AvgIpc) is 2.49. The molecule has 5 heteroatoms. The molecule has 0 saturated heterocycles. The summed E-state index contributed by atoms with van der Waals surface area (Å²) in [6.07, 6.45) is 0.540. The van der Waals surface area contributed by atoms with Crippen LogP contribution >= 0.6 is 0 Å². The summed E-state index contributed by atoms with van der Waals surface area (Å²) >= 11 is 0. The number of hydrogen-bond donors (Lipinski definition) is 2. The summed E-state index contributed by atoms with van der Waals surface area (Å²) in [6.45, 7) is 2.34. The molecule has 1 atom stereocenters. The first kappa shape index (κ1) is 14.0. The zero-order chi connectivity index (χ0) is 14.4. The van der Waals surface area contributed by atoms with Crippen LogP contribution in [0, 0.1) is 11.3 Å². The molecule has 2 rings (SSSR count). The molecule has 0 aliphatic carbocycles. The molecule has 0 radical (unpaired) electrons. The summed E-state index contributed by atoms with van der Waals surface area (Å²) in [5.41, 5.74) is 0.272. The van der Waals surface area contributed by atoms with Crippen molar-refractivity contribution >= 4 is 5.82 Å². The van der Waals surface area contributed by atoms with Gasteiger partial charge in [0.15, 0.2) is 5.69 Å². The molecule has 20 heavy (non-hydrogen) atoms. The number of rotatable bonds is 5. The van der Waals surface area contributed by atoms with Gasteiger partial charge in [0.25, 0.3) is 0 Å². The molecule has 0 fully saturated rings. The number of aliphatic hydroxyl groups is 1. The van der Waals surface area contributed by atoms with E-state index in [4.69, 9.17) is 5.26 Å². The van der Waals surface area contributed by atoms with Crippen molar-refractivity contribution in [1.29, 1.82) is 5.26 Å². The van der Waals surface area contributed by atoms with E-state index in [0.29, 0.717) is 18.8 Å². The van der Waals surface area contributed by atoms with Crippen molar-refractivity contribution in [2.45, 2.75) is 18.9 Å². The van der Waals surface area contributed by atoms with Crippen LogP contribution in [0.5, 0.6) is 0 Å². The Morgan fingerprint density at radius 1 is 1.20 bits per heavy atom. The minimum absolute atomic E-state index is 0.284. The number of benzene rings is 1. The van der Waals surface area contributed by atoms with Crippen molar-refractivity contribution in [1.82, 2.24) is 10.2 Å². The fraction of sp³-hybridized carbons (Fsp3) is 0.267. The molecule has 102 valence electrons. The Balaban J connectivity index is 1.90. The molecule has 5 nitrogen and oxygen atoms in total. The molecule has 1 heterocycles. The molecule has 1 unspecified atom stereocenters. The van der Waals surface area contributed by atoms with Crippen LogP contribution in [-0.4, -0.2) is 21.8 Å². The Morgan fingerprint density at radius 3 is 2.55 bits per heavy atom. The van der Waals surface area contributed by atoms with Gasteiger partial charge in [-0.25, -0.2) is 0 Å². The molecule has 0 saturated carbocycles. The Bertz CT molecular complexity index is 588. The second kappa shape index (κ2) is 6.13. The van der Waals surface area contributed by atoms with Crippen molar-refractivity contribution in [2.24, 2.45) is 0 Å². The van der Waals surface area contributed by atoms with Crippen LogP contribution in [0.3, 0.4) is 0 Å². The lowest BCUT2D eigenvalue weighted by Crippen LogP contribution is -2.24. The molecular formula is C15H16N4O. The number of nitriles is 1. The number of aromatic nitrogens is 2. The van der Waals surface area contributed by atoms with Gasteiger partial charge < -0.3 is 10.4 Å². The van der Waals surface area contributed by atoms with E-state index in [1.807, 2.05) is 36.4 Å². The lowest BCUT2D eigenvalue weighted by atomic mass is 9.93. The Hall–Kier alpha value is -2.45. The molecule has 0 aliphatic heterocycles. The van der Waals surface area contributed by atoms with Gasteiger partial charge in [-0.3, -0.25) is 0 Å². The van der Waals surface area contributed by atoms with Crippen molar-refractivity contribution < 1.29 is 5.11 Å². The maximum atomic E-state index is 10.4. The highest BCUT2D eigenvalue weighted by Gasteiger charge is 2.21. The highest BCUT2D eigenvalue weighted by atomic mass is 16.3. The topological polar surface area (TPSA) is 81.8 Å². The van der Waals surface area contributed by atoms with Crippen LogP contribution in [0.4, 0.5) is 5.82 Å². The molecule has 0 aliphatic rings.